The number of nitrogens with zero attached hydrogens (tertiary/aromatic N) is 2. The van der Waals surface area contributed by atoms with Crippen molar-refractivity contribution in [2.75, 3.05) is 4.90 Å². The zero-order valence-corrected chi connectivity index (χ0v) is 6.02. The van der Waals surface area contributed by atoms with Crippen LogP contribution in [0.2, 0.25) is 0 Å². The van der Waals surface area contributed by atoms with Gasteiger partial charge in [0.1, 0.15) is 0 Å². The monoisotopic (exact) mass is 163 g/mol. The fourth-order valence-corrected chi connectivity index (χ4v) is 0.967. The van der Waals surface area contributed by atoms with Crippen LogP contribution in [0, 0.1) is 0 Å². The van der Waals surface area contributed by atoms with Crippen LogP contribution in [0.15, 0.2) is 24.5 Å². The van der Waals surface area contributed by atoms with Crippen LogP contribution in [0.3, 0.4) is 0 Å². The Hall–Kier alpha value is -1.91. The minimum atomic E-state index is -0.567. The van der Waals surface area contributed by atoms with Crippen molar-refractivity contribution in [3.8, 4) is 0 Å². The zero-order chi connectivity index (χ0) is 8.55. The average molecular weight is 163 g/mol. The molecule has 0 aliphatic carbocycles. The molecule has 0 spiro atoms. The number of carbonyl (C=O) groups excluding carboxylic acids is 2. The van der Waals surface area contributed by atoms with Crippen LogP contribution in [-0.4, -0.2) is 21.9 Å². The highest BCUT2D eigenvalue weighted by Gasteiger charge is 2.26. The summed E-state index contributed by atoms with van der Waals surface area (Å²) in [5, 5.41) is 6.31. The Balaban J connectivity index is 2.34. The Morgan fingerprint density at radius 1 is 1.42 bits per heavy atom. The van der Waals surface area contributed by atoms with Gasteiger partial charge >= 0.3 is 5.91 Å². The molecule has 12 heavy (non-hydrogen) atoms. The van der Waals surface area contributed by atoms with Gasteiger partial charge in [-0.1, -0.05) is 0 Å². The van der Waals surface area contributed by atoms with E-state index in [0.717, 1.165) is 0 Å². The normalized spacial score (nSPS) is 16.2. The van der Waals surface area contributed by atoms with Crippen LogP contribution in [0.25, 0.3) is 0 Å². The molecule has 1 aromatic rings. The highest BCUT2D eigenvalue weighted by Crippen LogP contribution is 2.13. The molecule has 1 amide bonds. The molecule has 1 aliphatic heterocycles. The first-order valence-electron chi connectivity index (χ1n) is 3.34. The molecule has 0 saturated heterocycles. The van der Waals surface area contributed by atoms with Gasteiger partial charge in [0, 0.05) is 24.5 Å². The molecule has 1 aliphatic rings. The maximum Gasteiger partial charge on any atom is 0.304 e. The molecule has 0 fully saturated rings. The molecule has 60 valence electrons. The largest absolute Gasteiger partial charge is 0.304 e. The molecule has 5 nitrogen and oxygen atoms in total. The SMILES string of the molecule is O=C1C=CN(c2cc[nH]n2)C1=O. The maximum absolute atomic E-state index is 11.1. The van der Waals surface area contributed by atoms with Gasteiger partial charge in [-0.15, -0.1) is 0 Å². The number of anilines is 1. The predicted octanol–water partition coefficient (Wildman–Crippen LogP) is -0.161. The fraction of sp³-hybridized carbons (Fsp3) is 0. The minimum Gasteiger partial charge on any atom is -0.284 e. The molecule has 0 aromatic carbocycles. The second-order valence-electron chi connectivity index (χ2n) is 2.29. The number of nitrogens with one attached hydrogen (secondary N) is 1. The van der Waals surface area contributed by atoms with Gasteiger partial charge in [-0.05, 0) is 0 Å². The number of aromatic amines is 1. The number of rotatable bonds is 1. The van der Waals surface area contributed by atoms with Gasteiger partial charge in [0.15, 0.2) is 5.82 Å². The van der Waals surface area contributed by atoms with Gasteiger partial charge in [-0.25, -0.2) is 0 Å². The Bertz CT molecular complexity index is 353. The summed E-state index contributed by atoms with van der Waals surface area (Å²) in [6.07, 6.45) is 4.21. The van der Waals surface area contributed by atoms with E-state index in [1.807, 2.05) is 0 Å². The Morgan fingerprint density at radius 2 is 2.25 bits per heavy atom. The number of amides is 1. The van der Waals surface area contributed by atoms with E-state index < -0.39 is 11.7 Å². The lowest BCUT2D eigenvalue weighted by molar-refractivity contribution is -0.132. The van der Waals surface area contributed by atoms with Crippen LogP contribution >= 0.6 is 0 Å². The Kier molecular flexibility index (Phi) is 1.30. The first kappa shape index (κ1) is 6.78. The first-order valence-corrected chi connectivity index (χ1v) is 3.34. The van der Waals surface area contributed by atoms with E-state index in [1.165, 1.54) is 17.2 Å². The third kappa shape index (κ3) is 0.833. The lowest BCUT2D eigenvalue weighted by Gasteiger charge is -2.06. The van der Waals surface area contributed by atoms with Crippen LogP contribution < -0.4 is 4.90 Å². The standard InChI is InChI=1S/C7H5N3O2/c11-5-2-4-10(7(5)12)6-1-3-8-9-6/h1-4H,(H,8,9). The highest BCUT2D eigenvalue weighted by atomic mass is 16.2. The summed E-state index contributed by atoms with van der Waals surface area (Å²) in [4.78, 5) is 23.0. The highest BCUT2D eigenvalue weighted by molar-refractivity contribution is 6.48. The van der Waals surface area contributed by atoms with Crippen LogP contribution in [0.4, 0.5) is 5.82 Å². The van der Waals surface area contributed by atoms with Gasteiger partial charge < -0.3 is 0 Å². The first-order chi connectivity index (χ1) is 5.79. The molecule has 2 heterocycles. The maximum atomic E-state index is 11.1. The summed E-state index contributed by atoms with van der Waals surface area (Å²) < 4.78 is 0. The van der Waals surface area contributed by atoms with E-state index in [4.69, 9.17) is 0 Å². The number of hydrogen-bond donors (Lipinski definition) is 1. The second kappa shape index (κ2) is 2.30. The lowest BCUT2D eigenvalue weighted by atomic mass is 10.4. The lowest BCUT2D eigenvalue weighted by Crippen LogP contribution is -2.25. The van der Waals surface area contributed by atoms with E-state index in [1.54, 1.807) is 12.3 Å². The van der Waals surface area contributed by atoms with E-state index in [9.17, 15) is 9.59 Å². The molecular weight excluding hydrogens is 158 g/mol. The Morgan fingerprint density at radius 3 is 2.75 bits per heavy atom. The number of H-pyrrole nitrogens is 1. The summed E-state index contributed by atoms with van der Waals surface area (Å²) in [6, 6.07) is 1.61. The van der Waals surface area contributed by atoms with Crippen molar-refractivity contribution in [3.63, 3.8) is 0 Å². The van der Waals surface area contributed by atoms with Gasteiger partial charge in [0.05, 0.1) is 0 Å². The van der Waals surface area contributed by atoms with Crippen molar-refractivity contribution in [1.29, 1.82) is 0 Å². The topological polar surface area (TPSA) is 66.1 Å². The van der Waals surface area contributed by atoms with Crippen LogP contribution in [-0.2, 0) is 9.59 Å². The van der Waals surface area contributed by atoms with E-state index in [-0.39, 0.29) is 0 Å². The van der Waals surface area contributed by atoms with E-state index >= 15 is 0 Å². The summed E-state index contributed by atoms with van der Waals surface area (Å²) in [5.41, 5.74) is 0. The number of carbonyl (C=O) groups is 2. The fourth-order valence-electron chi connectivity index (χ4n) is 0.967. The zero-order valence-electron chi connectivity index (χ0n) is 6.02. The molecule has 0 atom stereocenters. The minimum absolute atomic E-state index is 0.433. The number of aromatic nitrogens is 2. The molecule has 0 unspecified atom stereocenters. The molecule has 0 saturated carbocycles. The second-order valence-corrected chi connectivity index (χ2v) is 2.29. The molecule has 1 aromatic heterocycles. The van der Waals surface area contributed by atoms with Crippen molar-refractivity contribution in [2.24, 2.45) is 0 Å². The molecule has 5 heteroatoms. The van der Waals surface area contributed by atoms with E-state index in [2.05, 4.69) is 10.2 Å². The quantitative estimate of drug-likeness (QED) is 0.585. The number of hydrogen-bond acceptors (Lipinski definition) is 3. The third-order valence-corrected chi connectivity index (χ3v) is 1.54. The van der Waals surface area contributed by atoms with E-state index in [0.29, 0.717) is 5.82 Å². The number of ketones is 1. The van der Waals surface area contributed by atoms with Crippen molar-refractivity contribution in [1.82, 2.24) is 10.2 Å². The summed E-state index contributed by atoms with van der Waals surface area (Å²) in [5.74, 6) is -0.651. The molecular formula is C7H5N3O2. The summed E-state index contributed by atoms with van der Waals surface area (Å²) in [7, 11) is 0. The van der Waals surface area contributed by atoms with Crippen molar-refractivity contribution in [2.45, 2.75) is 0 Å². The summed E-state index contributed by atoms with van der Waals surface area (Å²) >= 11 is 0. The smallest absolute Gasteiger partial charge is 0.284 e. The van der Waals surface area contributed by atoms with Crippen molar-refractivity contribution < 1.29 is 9.59 Å². The predicted molar refractivity (Wildman–Crippen MR) is 40.2 cm³/mol. The van der Waals surface area contributed by atoms with Gasteiger partial charge in [0.2, 0.25) is 5.78 Å². The molecule has 0 bridgehead atoms. The van der Waals surface area contributed by atoms with Gasteiger partial charge in [-0.3, -0.25) is 19.6 Å². The van der Waals surface area contributed by atoms with Gasteiger partial charge in [-0.2, -0.15) is 5.10 Å². The van der Waals surface area contributed by atoms with Gasteiger partial charge in [0.25, 0.3) is 0 Å². The summed E-state index contributed by atoms with van der Waals surface area (Å²) in [6.45, 7) is 0. The molecule has 2 rings (SSSR count). The third-order valence-electron chi connectivity index (χ3n) is 1.54. The molecule has 0 radical (unpaired) electrons. The van der Waals surface area contributed by atoms with Crippen molar-refractivity contribution >= 4 is 17.5 Å². The van der Waals surface area contributed by atoms with Crippen LogP contribution in [0.5, 0.6) is 0 Å². The molecule has 1 N–H and O–H groups in total. The van der Waals surface area contributed by atoms with Crippen molar-refractivity contribution in [3.05, 3.63) is 24.5 Å². The van der Waals surface area contributed by atoms with Crippen LogP contribution in [0.1, 0.15) is 0 Å². The average Bonchev–Trinajstić information content (AvgIpc) is 2.64. The Labute approximate surface area is 67.7 Å².